The number of ether oxygens (including phenoxy) is 1. The highest BCUT2D eigenvalue weighted by atomic mass is 16.5. The molecule has 3 amide bonds. The average molecular weight is 514 g/mol. The van der Waals surface area contributed by atoms with Crippen molar-refractivity contribution >= 4 is 23.4 Å². The fourth-order valence-corrected chi connectivity index (χ4v) is 4.71. The molecular weight excluding hydrogens is 478 g/mol. The molecule has 1 fully saturated rings. The summed E-state index contributed by atoms with van der Waals surface area (Å²) in [5, 5.41) is 5.66. The third-order valence-electron chi connectivity index (χ3n) is 6.89. The molecular formula is C31H35N3O4. The van der Waals surface area contributed by atoms with Crippen molar-refractivity contribution in [2.45, 2.75) is 45.4 Å². The van der Waals surface area contributed by atoms with Crippen LogP contribution in [0.3, 0.4) is 0 Å². The number of nitrogens with zero attached hydrogens (tertiary/aromatic N) is 1. The molecule has 2 atom stereocenters. The van der Waals surface area contributed by atoms with E-state index in [4.69, 9.17) is 4.74 Å². The Kier molecular flexibility index (Phi) is 9.27. The summed E-state index contributed by atoms with van der Waals surface area (Å²) in [5.74, 6) is -0.218. The number of urea groups is 1. The maximum Gasteiger partial charge on any atom is 0.319 e. The lowest BCUT2D eigenvalue weighted by molar-refractivity contribution is -0.138. The predicted octanol–water partition coefficient (Wildman–Crippen LogP) is 5.21. The van der Waals surface area contributed by atoms with Crippen molar-refractivity contribution < 1.29 is 19.1 Å². The number of likely N-dealkylation sites (tertiary alicyclic amines) is 1. The molecule has 0 bridgehead atoms. The predicted molar refractivity (Wildman–Crippen MR) is 148 cm³/mol. The van der Waals surface area contributed by atoms with E-state index in [0.29, 0.717) is 43.8 Å². The van der Waals surface area contributed by atoms with Crippen LogP contribution in [0.5, 0.6) is 0 Å². The Morgan fingerprint density at radius 3 is 2.24 bits per heavy atom. The monoisotopic (exact) mass is 513 g/mol. The number of piperidine rings is 1. The van der Waals surface area contributed by atoms with Gasteiger partial charge in [0.05, 0.1) is 12.7 Å². The molecule has 2 N–H and O–H groups in total. The topological polar surface area (TPSA) is 87.7 Å². The van der Waals surface area contributed by atoms with E-state index in [-0.39, 0.29) is 17.6 Å². The second kappa shape index (κ2) is 13.0. The number of amides is 3. The highest BCUT2D eigenvalue weighted by molar-refractivity contribution is 5.98. The Hall–Kier alpha value is -3.97. The van der Waals surface area contributed by atoms with Crippen LogP contribution >= 0.6 is 0 Å². The van der Waals surface area contributed by atoms with Gasteiger partial charge in [0.15, 0.2) is 5.78 Å². The molecule has 198 valence electrons. The van der Waals surface area contributed by atoms with Gasteiger partial charge in [-0.3, -0.25) is 9.59 Å². The SMILES string of the molecule is Cc1cccc(NC(=O)N[C@@H](C(=O)N2CCC(C(=O)c3ccccc3)CC2)[C@@H](C)OCc2ccccc2)c1. The van der Waals surface area contributed by atoms with Crippen molar-refractivity contribution in [1.29, 1.82) is 0 Å². The zero-order valence-electron chi connectivity index (χ0n) is 21.9. The van der Waals surface area contributed by atoms with Gasteiger partial charge in [0.1, 0.15) is 6.04 Å². The van der Waals surface area contributed by atoms with E-state index in [1.54, 1.807) is 17.9 Å². The van der Waals surface area contributed by atoms with E-state index >= 15 is 0 Å². The number of nitrogens with one attached hydrogen (secondary N) is 2. The van der Waals surface area contributed by atoms with Crippen LogP contribution in [0.15, 0.2) is 84.9 Å². The number of rotatable bonds is 9. The Morgan fingerprint density at radius 2 is 1.58 bits per heavy atom. The number of benzene rings is 3. The lowest BCUT2D eigenvalue weighted by atomic mass is 9.88. The first-order valence-corrected chi connectivity index (χ1v) is 13.1. The van der Waals surface area contributed by atoms with Crippen molar-refractivity contribution in [2.75, 3.05) is 18.4 Å². The largest absolute Gasteiger partial charge is 0.371 e. The lowest BCUT2D eigenvalue weighted by Gasteiger charge is -2.35. The zero-order valence-corrected chi connectivity index (χ0v) is 21.9. The van der Waals surface area contributed by atoms with E-state index in [0.717, 1.165) is 11.1 Å². The number of ketones is 1. The highest BCUT2D eigenvalue weighted by Gasteiger charge is 2.35. The number of anilines is 1. The minimum absolute atomic E-state index is 0.115. The third kappa shape index (κ3) is 7.29. The summed E-state index contributed by atoms with van der Waals surface area (Å²) in [6, 6.07) is 25.1. The molecule has 0 aliphatic carbocycles. The number of Topliss-reactive ketones (excluding diaryl/α,β-unsaturated/α-hetero) is 1. The van der Waals surface area contributed by atoms with Gasteiger partial charge in [-0.25, -0.2) is 4.79 Å². The van der Waals surface area contributed by atoms with E-state index < -0.39 is 18.2 Å². The van der Waals surface area contributed by atoms with Crippen LogP contribution in [0.25, 0.3) is 0 Å². The van der Waals surface area contributed by atoms with Crippen LogP contribution in [0.2, 0.25) is 0 Å². The molecule has 3 aromatic rings. The van der Waals surface area contributed by atoms with Crippen LogP contribution in [0, 0.1) is 12.8 Å². The number of aryl methyl sites for hydroxylation is 1. The maximum atomic E-state index is 13.7. The van der Waals surface area contributed by atoms with Crippen LogP contribution in [-0.2, 0) is 16.1 Å². The molecule has 1 aliphatic heterocycles. The van der Waals surface area contributed by atoms with Gasteiger partial charge in [0, 0.05) is 30.3 Å². The Morgan fingerprint density at radius 1 is 0.921 bits per heavy atom. The molecule has 1 aliphatic rings. The summed E-state index contributed by atoms with van der Waals surface area (Å²) < 4.78 is 6.05. The van der Waals surface area contributed by atoms with E-state index in [2.05, 4.69) is 10.6 Å². The summed E-state index contributed by atoms with van der Waals surface area (Å²) in [7, 11) is 0. The fourth-order valence-electron chi connectivity index (χ4n) is 4.71. The van der Waals surface area contributed by atoms with E-state index in [9.17, 15) is 14.4 Å². The van der Waals surface area contributed by atoms with Crippen LogP contribution in [-0.4, -0.2) is 47.9 Å². The van der Waals surface area contributed by atoms with Crippen molar-refractivity contribution in [3.8, 4) is 0 Å². The van der Waals surface area contributed by atoms with Gasteiger partial charge in [-0.05, 0) is 49.9 Å². The van der Waals surface area contributed by atoms with Gasteiger partial charge in [-0.2, -0.15) is 0 Å². The summed E-state index contributed by atoms with van der Waals surface area (Å²) in [4.78, 5) is 41.2. The molecule has 7 nitrogen and oxygen atoms in total. The molecule has 1 saturated heterocycles. The molecule has 38 heavy (non-hydrogen) atoms. The third-order valence-corrected chi connectivity index (χ3v) is 6.89. The Balaban J connectivity index is 1.41. The van der Waals surface area contributed by atoms with Crippen LogP contribution < -0.4 is 10.6 Å². The first-order chi connectivity index (χ1) is 18.4. The number of carbonyl (C=O) groups is 3. The minimum Gasteiger partial charge on any atom is -0.371 e. The standard InChI is InChI=1S/C31H35N3O4/c1-22-10-9-15-27(20-22)32-31(37)33-28(23(2)38-21-24-11-5-3-6-12-24)30(36)34-18-16-26(17-19-34)29(35)25-13-7-4-8-14-25/h3-15,20,23,26,28H,16-19,21H2,1-2H3,(H2,32,33,37)/t23-,28-/m1/s1. The zero-order chi connectivity index (χ0) is 26.9. The summed E-state index contributed by atoms with van der Waals surface area (Å²) in [6.07, 6.45) is 0.594. The normalized spacial score (nSPS) is 15.4. The van der Waals surface area contributed by atoms with E-state index in [1.165, 1.54) is 0 Å². The van der Waals surface area contributed by atoms with Crippen LogP contribution in [0.4, 0.5) is 10.5 Å². The first-order valence-electron chi connectivity index (χ1n) is 13.1. The molecule has 3 aromatic carbocycles. The number of carbonyl (C=O) groups excluding carboxylic acids is 3. The fraction of sp³-hybridized carbons (Fsp3) is 0.323. The first kappa shape index (κ1) is 27.1. The Bertz CT molecular complexity index is 1220. The molecule has 4 rings (SSSR count). The summed E-state index contributed by atoms with van der Waals surface area (Å²) in [5.41, 5.74) is 3.34. The van der Waals surface area contributed by atoms with Gasteiger partial charge in [-0.1, -0.05) is 72.8 Å². The molecule has 0 radical (unpaired) electrons. The van der Waals surface area contributed by atoms with E-state index in [1.807, 2.05) is 85.8 Å². The highest BCUT2D eigenvalue weighted by Crippen LogP contribution is 2.23. The smallest absolute Gasteiger partial charge is 0.319 e. The van der Waals surface area contributed by atoms with Gasteiger partial charge < -0.3 is 20.3 Å². The quantitative estimate of drug-likeness (QED) is 0.385. The summed E-state index contributed by atoms with van der Waals surface area (Å²) >= 11 is 0. The summed E-state index contributed by atoms with van der Waals surface area (Å²) in [6.45, 7) is 4.96. The van der Waals surface area contributed by atoms with Gasteiger partial charge >= 0.3 is 6.03 Å². The average Bonchev–Trinajstić information content (AvgIpc) is 2.95. The molecule has 0 spiro atoms. The molecule has 7 heteroatoms. The second-order valence-corrected chi connectivity index (χ2v) is 9.78. The molecule has 0 saturated carbocycles. The molecule has 0 aromatic heterocycles. The van der Waals surface area contributed by atoms with Crippen LogP contribution in [0.1, 0.15) is 41.3 Å². The van der Waals surface area contributed by atoms with Gasteiger partial charge in [-0.15, -0.1) is 0 Å². The second-order valence-electron chi connectivity index (χ2n) is 9.78. The maximum absolute atomic E-state index is 13.7. The molecule has 1 heterocycles. The number of hydrogen-bond donors (Lipinski definition) is 2. The van der Waals surface area contributed by atoms with Crippen molar-refractivity contribution in [3.63, 3.8) is 0 Å². The molecule has 0 unspecified atom stereocenters. The Labute approximate surface area is 224 Å². The van der Waals surface area contributed by atoms with Gasteiger partial charge in [0.25, 0.3) is 0 Å². The van der Waals surface area contributed by atoms with Crippen molar-refractivity contribution in [1.82, 2.24) is 10.2 Å². The number of hydrogen-bond acceptors (Lipinski definition) is 4. The van der Waals surface area contributed by atoms with Crippen molar-refractivity contribution in [3.05, 3.63) is 102 Å². The van der Waals surface area contributed by atoms with Crippen molar-refractivity contribution in [2.24, 2.45) is 5.92 Å². The minimum atomic E-state index is -0.884. The lowest BCUT2D eigenvalue weighted by Crippen LogP contribution is -2.56. The van der Waals surface area contributed by atoms with Gasteiger partial charge in [0.2, 0.25) is 5.91 Å².